The van der Waals surface area contributed by atoms with Gasteiger partial charge in [0, 0.05) is 26.4 Å². The van der Waals surface area contributed by atoms with Crippen molar-refractivity contribution in [3.05, 3.63) is 0 Å². The van der Waals surface area contributed by atoms with Crippen molar-refractivity contribution in [2.75, 3.05) is 13.1 Å². The molecule has 48 heavy (non-hydrogen) atoms. The number of guanidine groups is 1. The summed E-state index contributed by atoms with van der Waals surface area (Å²) >= 11 is 0. The van der Waals surface area contributed by atoms with E-state index in [1.807, 2.05) is 13.8 Å². The number of nitrogens with one attached hydrogen (secondary N) is 4. The molecule has 0 aromatic carbocycles. The molecule has 0 rings (SSSR count). The Hall–Kier alpha value is -3.38. The van der Waals surface area contributed by atoms with E-state index >= 15 is 0 Å². The van der Waals surface area contributed by atoms with Crippen molar-refractivity contribution in [1.29, 1.82) is 0 Å². The fraction of sp³-hybridized carbons (Fsp3) is 0.829. The first-order valence-electron chi connectivity index (χ1n) is 18.3. The van der Waals surface area contributed by atoms with Crippen molar-refractivity contribution in [2.24, 2.45) is 22.4 Å². The molecule has 0 aromatic heterocycles. The summed E-state index contributed by atoms with van der Waals surface area (Å²) in [6.45, 7) is 8.02. The second-order valence-corrected chi connectivity index (χ2v) is 13.3. The molecule has 0 saturated carbocycles. The van der Waals surface area contributed by atoms with Crippen LogP contribution in [0.15, 0.2) is 4.99 Å². The maximum Gasteiger partial charge on any atom is 0.303 e. The lowest BCUT2D eigenvalue weighted by Gasteiger charge is -2.26. The van der Waals surface area contributed by atoms with E-state index in [1.54, 1.807) is 0 Å². The minimum Gasteiger partial charge on any atom is -0.481 e. The number of nitrogens with two attached hydrogens (primary N) is 2. The highest BCUT2D eigenvalue weighted by atomic mass is 16.4. The minimum absolute atomic E-state index is 0.00810. The molecule has 0 aliphatic rings. The number of hydrogen-bond donors (Lipinski definition) is 7. The molecule has 3 atom stereocenters. The van der Waals surface area contributed by atoms with E-state index in [-0.39, 0.29) is 50.0 Å². The first-order valence-corrected chi connectivity index (χ1v) is 18.3. The molecule has 0 saturated heterocycles. The Morgan fingerprint density at radius 2 is 1.12 bits per heavy atom. The molecule has 4 amide bonds. The van der Waals surface area contributed by atoms with Crippen molar-refractivity contribution in [2.45, 2.75) is 168 Å². The zero-order valence-electron chi connectivity index (χ0n) is 30.2. The number of carbonyl (C=O) groups is 5. The lowest BCUT2D eigenvalue weighted by Crippen LogP contribution is -2.57. The van der Waals surface area contributed by atoms with E-state index in [9.17, 15) is 24.0 Å². The van der Waals surface area contributed by atoms with E-state index in [1.165, 1.54) is 77.6 Å². The van der Waals surface area contributed by atoms with Gasteiger partial charge in [0.1, 0.15) is 18.1 Å². The van der Waals surface area contributed by atoms with Crippen LogP contribution in [-0.4, -0.2) is 71.9 Å². The number of amides is 4. The minimum atomic E-state index is -1.12. The van der Waals surface area contributed by atoms with Crippen LogP contribution in [0.1, 0.15) is 150 Å². The van der Waals surface area contributed by atoms with Crippen LogP contribution >= 0.6 is 0 Å². The van der Waals surface area contributed by atoms with Crippen molar-refractivity contribution < 1.29 is 29.1 Å². The van der Waals surface area contributed by atoms with E-state index < -0.39 is 41.8 Å². The number of carbonyl (C=O) groups excluding carboxylic acids is 4. The summed E-state index contributed by atoms with van der Waals surface area (Å²) in [5, 5.41) is 19.9. The van der Waals surface area contributed by atoms with Gasteiger partial charge in [-0.3, -0.25) is 29.0 Å². The molecule has 278 valence electrons. The van der Waals surface area contributed by atoms with Crippen molar-refractivity contribution >= 4 is 35.6 Å². The Balaban J connectivity index is 4.96. The molecule has 0 fully saturated rings. The van der Waals surface area contributed by atoms with Crippen LogP contribution in [0.4, 0.5) is 0 Å². The van der Waals surface area contributed by atoms with Crippen LogP contribution < -0.4 is 32.7 Å². The third kappa shape index (κ3) is 25.7. The normalized spacial score (nSPS) is 12.9. The second-order valence-electron chi connectivity index (χ2n) is 13.3. The first kappa shape index (κ1) is 44.6. The number of carboxylic acids is 1. The Morgan fingerprint density at radius 3 is 1.60 bits per heavy atom. The van der Waals surface area contributed by atoms with Gasteiger partial charge in [0.05, 0.1) is 0 Å². The number of nitrogens with zero attached hydrogens (tertiary/aromatic N) is 1. The van der Waals surface area contributed by atoms with Crippen LogP contribution in [0.3, 0.4) is 0 Å². The quantitative estimate of drug-likeness (QED) is 0.0333. The van der Waals surface area contributed by atoms with Gasteiger partial charge in [0.25, 0.3) is 0 Å². The number of carboxylic acid groups (broad SMARTS) is 1. The van der Waals surface area contributed by atoms with Gasteiger partial charge in [-0.1, -0.05) is 104 Å². The molecule has 13 heteroatoms. The van der Waals surface area contributed by atoms with E-state index in [0.717, 1.165) is 19.3 Å². The van der Waals surface area contributed by atoms with Crippen LogP contribution in [0.5, 0.6) is 0 Å². The van der Waals surface area contributed by atoms with Gasteiger partial charge in [-0.25, -0.2) is 0 Å². The summed E-state index contributed by atoms with van der Waals surface area (Å²) in [6, 6.07) is -3.00. The van der Waals surface area contributed by atoms with Crippen LogP contribution in [0.25, 0.3) is 0 Å². The smallest absolute Gasteiger partial charge is 0.303 e. The monoisotopic (exact) mass is 682 g/mol. The fourth-order valence-corrected chi connectivity index (χ4v) is 5.46. The highest BCUT2D eigenvalue weighted by Crippen LogP contribution is 2.13. The maximum atomic E-state index is 13.4. The van der Waals surface area contributed by atoms with Crippen molar-refractivity contribution in [3.63, 3.8) is 0 Å². The van der Waals surface area contributed by atoms with E-state index in [4.69, 9.17) is 16.6 Å². The van der Waals surface area contributed by atoms with Gasteiger partial charge in [0.15, 0.2) is 5.96 Å². The largest absolute Gasteiger partial charge is 0.481 e. The van der Waals surface area contributed by atoms with Crippen LogP contribution in [0.2, 0.25) is 0 Å². The molecule has 0 aliphatic carbocycles. The second kappa shape index (κ2) is 28.6. The highest BCUT2D eigenvalue weighted by Gasteiger charge is 2.30. The topological polar surface area (TPSA) is 218 Å². The Morgan fingerprint density at radius 1 is 0.646 bits per heavy atom. The average molecular weight is 682 g/mol. The van der Waals surface area contributed by atoms with Crippen molar-refractivity contribution in [1.82, 2.24) is 21.3 Å². The summed E-state index contributed by atoms with van der Waals surface area (Å²) < 4.78 is 0. The molecule has 0 unspecified atom stereocenters. The van der Waals surface area contributed by atoms with Gasteiger partial charge in [-0.2, -0.15) is 0 Å². The van der Waals surface area contributed by atoms with Crippen LogP contribution in [-0.2, 0) is 24.0 Å². The zero-order valence-corrected chi connectivity index (χ0v) is 30.2. The van der Waals surface area contributed by atoms with Crippen molar-refractivity contribution in [3.8, 4) is 0 Å². The average Bonchev–Trinajstić information content (AvgIpc) is 3.01. The van der Waals surface area contributed by atoms with Gasteiger partial charge in [-0.15, -0.1) is 0 Å². The Bertz CT molecular complexity index is 956. The summed E-state index contributed by atoms with van der Waals surface area (Å²) in [5.41, 5.74) is 10.8. The third-order valence-corrected chi connectivity index (χ3v) is 8.09. The number of hydrogen-bond acceptors (Lipinski definition) is 6. The fourth-order valence-electron chi connectivity index (χ4n) is 5.46. The summed E-state index contributed by atoms with van der Waals surface area (Å²) in [4.78, 5) is 66.3. The molecule has 0 aliphatic heterocycles. The lowest BCUT2D eigenvalue weighted by molar-refractivity contribution is -0.138. The molecule has 0 spiro atoms. The van der Waals surface area contributed by atoms with Gasteiger partial charge >= 0.3 is 5.97 Å². The summed E-state index contributed by atoms with van der Waals surface area (Å²) in [7, 11) is 0. The maximum absolute atomic E-state index is 13.4. The summed E-state index contributed by atoms with van der Waals surface area (Å²) in [5.74, 6) is -3.20. The number of aliphatic imine (C=N–C) groups is 1. The number of rotatable bonds is 30. The van der Waals surface area contributed by atoms with Crippen LogP contribution in [0, 0.1) is 5.92 Å². The van der Waals surface area contributed by atoms with E-state index in [0.29, 0.717) is 13.0 Å². The molecular weight excluding hydrogens is 614 g/mol. The van der Waals surface area contributed by atoms with Gasteiger partial charge < -0.3 is 37.8 Å². The third-order valence-electron chi connectivity index (χ3n) is 8.09. The van der Waals surface area contributed by atoms with Gasteiger partial charge in [0.2, 0.25) is 23.6 Å². The van der Waals surface area contributed by atoms with Gasteiger partial charge in [-0.05, 0) is 38.0 Å². The molecule has 0 aromatic rings. The molecule has 0 heterocycles. The molecule has 0 radical (unpaired) electrons. The molecular formula is C35H67N7O6. The summed E-state index contributed by atoms with van der Waals surface area (Å²) in [6.07, 6.45) is 17.9. The first-order chi connectivity index (χ1) is 22.9. The molecule has 9 N–H and O–H groups in total. The number of unbranched alkanes of at least 4 members (excludes halogenated alkanes) is 13. The Kier molecular flexibility index (Phi) is 26.6. The predicted molar refractivity (Wildman–Crippen MR) is 191 cm³/mol. The standard InChI is InChI=1S/C35H67N7O6/c1-5-6-7-8-9-10-11-12-13-14-15-16-17-18-23-38-32(46)28(20-19-24-39-35(36)37)41-34(48)30(25-26(2)3)42-33(47)29(40-27(4)43)21-22-31(44)45/h26,28-30H,5-25H2,1-4H3,(H,38,46)(H,40,43)(H,41,48)(H,42,47)(H,44,45)(H4,36,37,39)/t28-,29-,30-/m0/s1. The zero-order chi connectivity index (χ0) is 36.2. The Labute approximate surface area is 289 Å². The molecule has 0 bridgehead atoms. The highest BCUT2D eigenvalue weighted by molar-refractivity contribution is 5.94. The van der Waals surface area contributed by atoms with E-state index in [2.05, 4.69) is 33.2 Å². The predicted octanol–water partition coefficient (Wildman–Crippen LogP) is 4.02. The number of aliphatic carboxylic acids is 1. The molecule has 13 nitrogen and oxygen atoms in total. The lowest BCUT2D eigenvalue weighted by atomic mass is 10.0. The SMILES string of the molecule is CCCCCCCCCCCCCCCCNC(=O)[C@H](CCCN=C(N)N)NC(=O)[C@H](CC(C)C)NC(=O)[C@H](CCC(=O)O)NC(C)=O.